The minimum Gasteiger partial charge on any atom is -0.466 e. The van der Waals surface area contributed by atoms with Gasteiger partial charge in [-0.25, -0.2) is 4.79 Å². The monoisotopic (exact) mass is 698 g/mol. The van der Waals surface area contributed by atoms with E-state index in [0.29, 0.717) is 0 Å². The number of fused-ring (bicyclic) bond motifs is 2. The number of rotatable bonds is 8. The number of methoxy groups -OCH3 is 1. The van der Waals surface area contributed by atoms with Gasteiger partial charge < -0.3 is 43.4 Å². The van der Waals surface area contributed by atoms with E-state index in [4.69, 9.17) is 33.2 Å². The summed E-state index contributed by atoms with van der Waals surface area (Å²) in [4.78, 5) is 90.2. The van der Waals surface area contributed by atoms with Gasteiger partial charge in [-0.2, -0.15) is 0 Å². The van der Waals surface area contributed by atoms with Gasteiger partial charge in [-0.15, -0.1) is 0 Å². The maximum absolute atomic E-state index is 13.4. The molecule has 12 atom stereocenters. The Balaban J connectivity index is 2.53. The maximum Gasteiger partial charge on any atom is 0.337 e. The molecule has 0 radical (unpaired) electrons. The third kappa shape index (κ3) is 8.06. The second-order valence-corrected chi connectivity index (χ2v) is 13.2. The lowest BCUT2D eigenvalue weighted by Gasteiger charge is -2.58. The van der Waals surface area contributed by atoms with Crippen molar-refractivity contribution in [1.29, 1.82) is 0 Å². The van der Waals surface area contributed by atoms with E-state index in [-0.39, 0.29) is 6.42 Å². The number of carbonyl (C=O) groups excluding carboxylic acids is 7. The maximum atomic E-state index is 13.4. The quantitative estimate of drug-likeness (QED) is 0.265. The average molecular weight is 699 g/mol. The third-order valence-electron chi connectivity index (χ3n) is 9.72. The topological polar surface area (TPSA) is 225 Å². The van der Waals surface area contributed by atoms with Crippen LogP contribution < -0.4 is 0 Å². The highest BCUT2D eigenvalue weighted by Gasteiger charge is 2.70. The van der Waals surface area contributed by atoms with Gasteiger partial charge >= 0.3 is 41.8 Å². The predicted molar refractivity (Wildman–Crippen MR) is 162 cm³/mol. The number of aliphatic hydroxyl groups is 2. The average Bonchev–Trinajstić information content (AvgIpc) is 3.18. The molecule has 2 N–H and O–H groups in total. The van der Waals surface area contributed by atoms with Gasteiger partial charge in [0.15, 0.2) is 11.7 Å². The molecule has 2 fully saturated rings. The van der Waals surface area contributed by atoms with Crippen LogP contribution in [0.15, 0.2) is 11.6 Å². The second-order valence-electron chi connectivity index (χ2n) is 13.2. The molecule has 0 aromatic heterocycles. The number of aliphatic hydroxyl groups excluding tert-OH is 1. The smallest absolute Gasteiger partial charge is 0.337 e. The summed E-state index contributed by atoms with van der Waals surface area (Å²) in [5.74, 6) is -9.77. The van der Waals surface area contributed by atoms with Crippen molar-refractivity contribution in [3.05, 3.63) is 11.6 Å². The number of esters is 7. The minimum atomic E-state index is -2.48. The Morgan fingerprint density at radius 3 is 1.92 bits per heavy atom. The van der Waals surface area contributed by atoms with Crippen molar-refractivity contribution >= 4 is 41.8 Å². The van der Waals surface area contributed by atoms with Gasteiger partial charge in [0, 0.05) is 57.8 Å². The summed E-state index contributed by atoms with van der Waals surface area (Å²) in [6.07, 6.45) is -10.1. The van der Waals surface area contributed by atoms with E-state index in [1.807, 2.05) is 0 Å². The molecule has 16 nitrogen and oxygen atoms in total. The van der Waals surface area contributed by atoms with Crippen molar-refractivity contribution in [3.8, 4) is 0 Å². The highest BCUT2D eigenvalue weighted by molar-refractivity contribution is 5.90. The summed E-state index contributed by atoms with van der Waals surface area (Å²) >= 11 is 0. The largest absolute Gasteiger partial charge is 0.466 e. The van der Waals surface area contributed by atoms with Gasteiger partial charge in [-0.05, 0) is 19.9 Å². The number of hydrogen-bond donors (Lipinski definition) is 2. The highest BCUT2D eigenvalue weighted by atomic mass is 16.6. The first-order chi connectivity index (χ1) is 22.7. The molecular formula is C33H46O16. The summed E-state index contributed by atoms with van der Waals surface area (Å²) in [5, 5.41) is 22.6. The van der Waals surface area contributed by atoms with E-state index in [0.717, 1.165) is 34.0 Å². The number of ether oxygens (including phenoxy) is 7. The SMILES string of the molecule is COC(=O)/C1=C/[C@@H]2OC(=O)[C@H](C)[C@@]2(O)[C@@H](OC(C)=O)[C@H]2[C@@H](C)[C@H](OC(C)=O)C[C@H](OC(C)=O)[C@]2(C)[C@@H](OC(C)=O)C[C@H]1OC(=O)C[C@H](C)O. The summed E-state index contributed by atoms with van der Waals surface area (Å²) in [7, 11) is 1.03. The molecule has 1 heterocycles. The first-order valence-corrected chi connectivity index (χ1v) is 16.0. The molecule has 274 valence electrons. The molecule has 2 aliphatic carbocycles. The molecule has 1 aliphatic heterocycles. The standard InChI is InChI=1S/C33H46O16/c1-14(34)10-27(39)48-23-13-25(46-19(6)37)32(8)24(45-18(5)36)12-22(44-17(4)35)15(2)28(32)29(47-20(7)38)33(42)16(3)30(40)49-26(33)11-21(23)31(41)43-9/h11,14-16,22-26,28-29,34,42H,10,12-13H2,1-9H3/b21-11+/t14-,15-,16-,22+,23+,24-,25-,26-,28+,29-,32+,33-/m0/s1. The van der Waals surface area contributed by atoms with Crippen LogP contribution in [-0.2, 0) is 66.7 Å². The second kappa shape index (κ2) is 15.2. The van der Waals surface area contributed by atoms with Crippen LogP contribution in [0, 0.1) is 23.2 Å². The molecule has 0 unspecified atom stereocenters. The molecule has 3 aliphatic rings. The zero-order valence-corrected chi connectivity index (χ0v) is 29.1. The molecule has 49 heavy (non-hydrogen) atoms. The number of hydrogen-bond acceptors (Lipinski definition) is 16. The third-order valence-corrected chi connectivity index (χ3v) is 9.72. The van der Waals surface area contributed by atoms with Gasteiger partial charge in [0.2, 0.25) is 0 Å². The Bertz CT molecular complexity index is 1370. The van der Waals surface area contributed by atoms with Crippen LogP contribution in [0.5, 0.6) is 0 Å². The Hall–Kier alpha value is -4.05. The first-order valence-electron chi connectivity index (χ1n) is 16.0. The van der Waals surface area contributed by atoms with Crippen molar-refractivity contribution in [2.45, 2.75) is 123 Å². The van der Waals surface area contributed by atoms with E-state index in [1.54, 1.807) is 6.92 Å². The molecule has 0 spiro atoms. The van der Waals surface area contributed by atoms with Crippen molar-refractivity contribution in [1.82, 2.24) is 0 Å². The minimum absolute atomic E-state index is 0.156. The Morgan fingerprint density at radius 1 is 0.898 bits per heavy atom. The molecule has 0 aromatic carbocycles. The van der Waals surface area contributed by atoms with Gasteiger partial charge in [-0.1, -0.05) is 13.8 Å². The van der Waals surface area contributed by atoms with Crippen molar-refractivity contribution in [2.75, 3.05) is 7.11 Å². The molecule has 16 heteroatoms. The van der Waals surface area contributed by atoms with Gasteiger partial charge in [-0.3, -0.25) is 28.8 Å². The van der Waals surface area contributed by atoms with Crippen LogP contribution in [-0.4, -0.2) is 107 Å². The predicted octanol–water partition coefficient (Wildman–Crippen LogP) is 0.854. The van der Waals surface area contributed by atoms with Crippen molar-refractivity contribution in [2.24, 2.45) is 23.2 Å². The van der Waals surface area contributed by atoms with Crippen molar-refractivity contribution < 1.29 is 76.9 Å². The lowest BCUT2D eigenvalue weighted by atomic mass is 9.52. The van der Waals surface area contributed by atoms with E-state index in [1.165, 1.54) is 27.7 Å². The fraction of sp³-hybridized carbons (Fsp3) is 0.727. The molecule has 0 amide bonds. The van der Waals surface area contributed by atoms with Crippen molar-refractivity contribution in [3.63, 3.8) is 0 Å². The van der Waals surface area contributed by atoms with Gasteiger partial charge in [0.25, 0.3) is 0 Å². The van der Waals surface area contributed by atoms with Crippen LogP contribution in [0.4, 0.5) is 0 Å². The summed E-state index contributed by atoms with van der Waals surface area (Å²) in [6.45, 7) is 10.3. The molecule has 1 saturated carbocycles. The fourth-order valence-electron chi connectivity index (χ4n) is 7.52. The Labute approximate surface area is 283 Å². The van der Waals surface area contributed by atoms with E-state index in [9.17, 15) is 43.8 Å². The van der Waals surface area contributed by atoms with E-state index < -0.39 is 132 Å². The number of carbonyl (C=O) groups is 7. The molecule has 1 saturated heterocycles. The van der Waals surface area contributed by atoms with Gasteiger partial charge in [0.1, 0.15) is 30.5 Å². The normalized spacial score (nSPS) is 37.3. The lowest BCUT2D eigenvalue weighted by molar-refractivity contribution is -0.254. The molecule has 3 rings (SSSR count). The van der Waals surface area contributed by atoms with Crippen LogP contribution in [0.25, 0.3) is 0 Å². The zero-order valence-electron chi connectivity index (χ0n) is 29.1. The van der Waals surface area contributed by atoms with Crippen LogP contribution in [0.3, 0.4) is 0 Å². The van der Waals surface area contributed by atoms with Crippen LogP contribution >= 0.6 is 0 Å². The highest BCUT2D eigenvalue weighted by Crippen LogP contribution is 2.57. The molecule has 0 bridgehead atoms. The first kappa shape index (κ1) is 39.4. The summed E-state index contributed by atoms with van der Waals surface area (Å²) in [5.41, 5.74) is -4.61. The summed E-state index contributed by atoms with van der Waals surface area (Å²) in [6, 6.07) is 0. The van der Waals surface area contributed by atoms with Gasteiger partial charge in [0.05, 0.1) is 31.1 Å². The van der Waals surface area contributed by atoms with E-state index >= 15 is 0 Å². The van der Waals surface area contributed by atoms with E-state index in [2.05, 4.69) is 0 Å². The summed E-state index contributed by atoms with van der Waals surface area (Å²) < 4.78 is 39.5. The Morgan fingerprint density at radius 2 is 1.43 bits per heavy atom. The van der Waals surface area contributed by atoms with Crippen LogP contribution in [0.1, 0.15) is 74.7 Å². The fourth-order valence-corrected chi connectivity index (χ4v) is 7.52. The zero-order chi connectivity index (χ0) is 37.2. The lowest BCUT2D eigenvalue weighted by Crippen LogP contribution is -2.69. The van der Waals surface area contributed by atoms with Crippen LogP contribution in [0.2, 0.25) is 0 Å². The molecular weight excluding hydrogens is 652 g/mol. The Kier molecular flexibility index (Phi) is 12.2. The molecule has 0 aromatic rings.